The summed E-state index contributed by atoms with van der Waals surface area (Å²) in [6.45, 7) is 0.345. The van der Waals surface area contributed by atoms with Crippen LogP contribution in [0.1, 0.15) is 28.8 Å². The van der Waals surface area contributed by atoms with Crippen molar-refractivity contribution in [3.05, 3.63) is 78.0 Å². The van der Waals surface area contributed by atoms with E-state index in [-0.39, 0.29) is 18.2 Å². The molecule has 1 saturated heterocycles. The van der Waals surface area contributed by atoms with Gasteiger partial charge in [-0.15, -0.1) is 0 Å². The van der Waals surface area contributed by atoms with Crippen LogP contribution in [-0.4, -0.2) is 38.4 Å². The van der Waals surface area contributed by atoms with Crippen molar-refractivity contribution >= 4 is 28.5 Å². The summed E-state index contributed by atoms with van der Waals surface area (Å²) in [5.74, 6) is -0.857. The van der Waals surface area contributed by atoms with Crippen LogP contribution in [-0.2, 0) is 23.2 Å². The Morgan fingerprint density at radius 2 is 1.76 bits per heavy atom. The molecule has 3 amide bonds. The van der Waals surface area contributed by atoms with Gasteiger partial charge in [0.15, 0.2) is 0 Å². The molecule has 1 aromatic heterocycles. The van der Waals surface area contributed by atoms with Crippen molar-refractivity contribution in [2.45, 2.75) is 25.4 Å². The molecule has 4 aromatic rings. The van der Waals surface area contributed by atoms with Crippen LogP contribution in [0, 0.1) is 0 Å². The van der Waals surface area contributed by atoms with Gasteiger partial charge in [-0.2, -0.15) is 5.10 Å². The number of fused-ring (bicyclic) bond motifs is 2. The minimum atomic E-state index is -0.620. The fourth-order valence-electron chi connectivity index (χ4n) is 5.14. The lowest BCUT2D eigenvalue weighted by molar-refractivity contribution is -0.136. The average Bonchev–Trinajstić information content (AvgIpc) is 3.38. The number of hydrogen-bond acceptors (Lipinski definition) is 4. The fraction of sp³-hybridized carbons (Fsp3) is 0.185. The molecule has 1 N–H and O–H groups in total. The highest BCUT2D eigenvalue weighted by Gasteiger charge is 2.39. The third-order valence-electron chi connectivity index (χ3n) is 6.82. The van der Waals surface area contributed by atoms with E-state index < -0.39 is 11.9 Å². The summed E-state index contributed by atoms with van der Waals surface area (Å²) in [5, 5.41) is 9.20. The number of hydrogen-bond donors (Lipinski definition) is 1. The molecule has 2 aliphatic heterocycles. The number of imide groups is 1. The van der Waals surface area contributed by atoms with E-state index in [0.29, 0.717) is 18.5 Å². The van der Waals surface area contributed by atoms with Gasteiger partial charge in [-0.05, 0) is 40.5 Å². The maximum atomic E-state index is 13.1. The van der Waals surface area contributed by atoms with Gasteiger partial charge in [-0.1, -0.05) is 48.5 Å². The Morgan fingerprint density at radius 1 is 0.941 bits per heavy atom. The smallest absolute Gasteiger partial charge is 0.255 e. The summed E-state index contributed by atoms with van der Waals surface area (Å²) in [6, 6.07) is 19.7. The van der Waals surface area contributed by atoms with E-state index >= 15 is 0 Å². The molecule has 1 fully saturated rings. The first-order valence-corrected chi connectivity index (χ1v) is 11.3. The molecule has 0 spiro atoms. The molecule has 7 nitrogen and oxygen atoms in total. The highest BCUT2D eigenvalue weighted by atomic mass is 16.2. The predicted octanol–water partition coefficient (Wildman–Crippen LogP) is 3.67. The van der Waals surface area contributed by atoms with Crippen LogP contribution < -0.4 is 5.32 Å². The Labute approximate surface area is 196 Å². The van der Waals surface area contributed by atoms with E-state index in [1.54, 1.807) is 4.90 Å². The van der Waals surface area contributed by atoms with E-state index in [2.05, 4.69) is 34.7 Å². The number of nitrogens with zero attached hydrogens (tertiary/aromatic N) is 3. The molecule has 0 aliphatic carbocycles. The number of benzene rings is 3. The van der Waals surface area contributed by atoms with Gasteiger partial charge >= 0.3 is 0 Å². The van der Waals surface area contributed by atoms with Crippen LogP contribution in [0.3, 0.4) is 0 Å². The van der Waals surface area contributed by atoms with Crippen molar-refractivity contribution in [3.63, 3.8) is 0 Å². The molecular formula is C27H22N4O3. The number of nitrogens with one attached hydrogen (secondary N) is 1. The Kier molecular flexibility index (Phi) is 4.58. The quantitative estimate of drug-likeness (QED) is 0.483. The topological polar surface area (TPSA) is 84.3 Å². The van der Waals surface area contributed by atoms with Crippen LogP contribution in [0.2, 0.25) is 0 Å². The molecule has 0 bridgehead atoms. The van der Waals surface area contributed by atoms with Crippen molar-refractivity contribution in [1.29, 1.82) is 0 Å². The second kappa shape index (κ2) is 7.66. The van der Waals surface area contributed by atoms with Crippen LogP contribution in [0.25, 0.3) is 33.2 Å². The fourth-order valence-corrected chi connectivity index (χ4v) is 5.14. The first-order chi connectivity index (χ1) is 16.5. The molecule has 34 heavy (non-hydrogen) atoms. The van der Waals surface area contributed by atoms with Crippen molar-refractivity contribution in [2.24, 2.45) is 7.05 Å². The third-order valence-corrected chi connectivity index (χ3v) is 6.82. The highest BCUT2D eigenvalue weighted by molar-refractivity contribution is 6.06. The Hall–Kier alpha value is -4.26. The average molecular weight is 450 g/mol. The molecule has 7 heteroatoms. The maximum absolute atomic E-state index is 13.1. The summed E-state index contributed by atoms with van der Waals surface area (Å²) in [7, 11) is 1.93. The number of aromatic nitrogens is 2. The summed E-state index contributed by atoms with van der Waals surface area (Å²) in [5.41, 5.74) is 5.52. The van der Waals surface area contributed by atoms with Gasteiger partial charge in [0, 0.05) is 36.7 Å². The molecule has 1 unspecified atom stereocenters. The van der Waals surface area contributed by atoms with Gasteiger partial charge in [0.2, 0.25) is 11.8 Å². The van der Waals surface area contributed by atoms with Crippen LogP contribution in [0.4, 0.5) is 0 Å². The highest BCUT2D eigenvalue weighted by Crippen LogP contribution is 2.38. The lowest BCUT2D eigenvalue weighted by atomic mass is 9.95. The molecule has 3 heterocycles. The van der Waals surface area contributed by atoms with E-state index in [9.17, 15) is 14.4 Å². The summed E-state index contributed by atoms with van der Waals surface area (Å²) >= 11 is 0. The number of amides is 3. The minimum Gasteiger partial charge on any atom is -0.322 e. The van der Waals surface area contributed by atoms with E-state index in [4.69, 9.17) is 0 Å². The van der Waals surface area contributed by atoms with Gasteiger partial charge in [-0.25, -0.2) is 0 Å². The number of rotatable bonds is 3. The lowest BCUT2D eigenvalue weighted by Crippen LogP contribution is -2.52. The zero-order chi connectivity index (χ0) is 23.4. The van der Waals surface area contributed by atoms with Gasteiger partial charge in [0.05, 0.1) is 11.9 Å². The predicted molar refractivity (Wildman–Crippen MR) is 128 cm³/mol. The van der Waals surface area contributed by atoms with Crippen LogP contribution in [0.5, 0.6) is 0 Å². The monoisotopic (exact) mass is 450 g/mol. The van der Waals surface area contributed by atoms with Crippen molar-refractivity contribution in [2.75, 3.05) is 0 Å². The largest absolute Gasteiger partial charge is 0.322 e. The number of carbonyl (C=O) groups is 3. The van der Waals surface area contributed by atoms with E-state index in [1.165, 1.54) is 0 Å². The van der Waals surface area contributed by atoms with Crippen LogP contribution >= 0.6 is 0 Å². The molecule has 2 aliphatic rings. The second-order valence-electron chi connectivity index (χ2n) is 8.83. The van der Waals surface area contributed by atoms with Gasteiger partial charge < -0.3 is 4.90 Å². The van der Waals surface area contributed by atoms with Gasteiger partial charge in [-0.3, -0.25) is 24.4 Å². The number of carbonyl (C=O) groups excluding carboxylic acids is 3. The van der Waals surface area contributed by atoms with E-state index in [1.807, 2.05) is 54.3 Å². The summed E-state index contributed by atoms with van der Waals surface area (Å²) < 4.78 is 1.88. The lowest BCUT2D eigenvalue weighted by Gasteiger charge is -2.29. The summed E-state index contributed by atoms with van der Waals surface area (Å²) in [4.78, 5) is 38.5. The molecular weight excluding hydrogens is 428 g/mol. The second-order valence-corrected chi connectivity index (χ2v) is 8.83. The normalized spacial score (nSPS) is 17.9. The molecule has 1 atom stereocenters. The molecule has 168 valence electrons. The Bertz CT molecular complexity index is 1500. The zero-order valence-corrected chi connectivity index (χ0v) is 18.6. The minimum absolute atomic E-state index is 0.170. The first kappa shape index (κ1) is 20.4. The SMILES string of the molecule is Cn1ncc(-c2ccc3c(c2)CN(C2CCC(=O)NC2=O)C3=O)c1-c1cccc2ccccc12. The first-order valence-electron chi connectivity index (χ1n) is 11.3. The Balaban J connectivity index is 1.39. The maximum Gasteiger partial charge on any atom is 0.255 e. The standard InChI is InChI=1S/C27H22N4O3/c1-30-25(21-8-4-6-16-5-2-3-7-19(16)21)22(14-28-30)17-9-10-20-18(13-17)15-31(27(20)34)23-11-12-24(32)29-26(23)33/h2-10,13-14,23H,11-12,15H2,1H3,(H,29,32,33). The van der Waals surface area contributed by atoms with Crippen molar-refractivity contribution < 1.29 is 14.4 Å². The zero-order valence-electron chi connectivity index (χ0n) is 18.6. The van der Waals surface area contributed by atoms with Crippen molar-refractivity contribution in [1.82, 2.24) is 20.0 Å². The third kappa shape index (κ3) is 3.12. The van der Waals surface area contributed by atoms with Crippen molar-refractivity contribution in [3.8, 4) is 22.4 Å². The molecule has 0 saturated carbocycles. The number of aryl methyl sites for hydroxylation is 1. The Morgan fingerprint density at radius 3 is 2.62 bits per heavy atom. The molecule has 3 aromatic carbocycles. The number of piperidine rings is 1. The molecule has 6 rings (SSSR count). The van der Waals surface area contributed by atoms with Gasteiger partial charge in [0.1, 0.15) is 6.04 Å². The van der Waals surface area contributed by atoms with E-state index in [0.717, 1.165) is 38.7 Å². The molecule has 0 radical (unpaired) electrons. The summed E-state index contributed by atoms with van der Waals surface area (Å²) in [6.07, 6.45) is 2.45. The van der Waals surface area contributed by atoms with Gasteiger partial charge in [0.25, 0.3) is 5.91 Å². The van der Waals surface area contributed by atoms with Crippen LogP contribution in [0.15, 0.2) is 66.9 Å².